The van der Waals surface area contributed by atoms with Gasteiger partial charge in [-0.15, -0.1) is 12.4 Å². The van der Waals surface area contributed by atoms with Gasteiger partial charge in [0.25, 0.3) is 0 Å². The molecule has 0 spiro atoms. The van der Waals surface area contributed by atoms with Gasteiger partial charge in [0, 0.05) is 30.2 Å². The molecule has 27 heavy (non-hydrogen) atoms. The van der Waals surface area contributed by atoms with E-state index in [9.17, 15) is 13.2 Å². The smallest absolute Gasteiger partial charge is 0.245 e. The number of carbonyl (C=O) groups is 1. The van der Waals surface area contributed by atoms with Crippen LogP contribution < -0.4 is 15.8 Å². The van der Waals surface area contributed by atoms with Crippen molar-refractivity contribution in [2.45, 2.75) is 63.6 Å². The summed E-state index contributed by atoms with van der Waals surface area (Å²) < 4.78 is 32.4. The van der Waals surface area contributed by atoms with Crippen LogP contribution >= 0.6 is 12.4 Å². The summed E-state index contributed by atoms with van der Waals surface area (Å²) in [6.07, 6.45) is 0.391. The third-order valence-electron chi connectivity index (χ3n) is 5.05. The van der Waals surface area contributed by atoms with Crippen LogP contribution in [0, 0.1) is 5.41 Å². The lowest BCUT2D eigenvalue weighted by Gasteiger charge is -2.57. The maximum atomic E-state index is 12.7. The SMILES string of the molecule is CCOC1CC(N)(C(=O)Nc2ccc(S(=O)(=O)NC(C)C)cc2)C1(C)C.Cl. The van der Waals surface area contributed by atoms with E-state index in [1.807, 2.05) is 20.8 Å². The minimum atomic E-state index is -3.56. The number of nitrogens with one attached hydrogen (secondary N) is 2. The largest absolute Gasteiger partial charge is 0.378 e. The van der Waals surface area contributed by atoms with E-state index < -0.39 is 21.0 Å². The number of benzene rings is 1. The van der Waals surface area contributed by atoms with Gasteiger partial charge in [0.05, 0.1) is 11.0 Å². The van der Waals surface area contributed by atoms with Crippen LogP contribution in [0.1, 0.15) is 41.0 Å². The Balaban J connectivity index is 0.00000364. The molecule has 0 heterocycles. The molecule has 2 atom stereocenters. The standard InChI is InChI=1S/C18H29N3O4S.ClH/c1-6-25-15-11-18(19,17(15,4)5)16(22)20-13-7-9-14(10-8-13)26(23,24)21-12(2)3;/h7-10,12,15,21H,6,11,19H2,1-5H3,(H,20,22);1H. The fraction of sp³-hybridized carbons (Fsp3) is 0.611. The number of nitrogens with two attached hydrogens (primary N) is 1. The highest BCUT2D eigenvalue weighted by molar-refractivity contribution is 7.89. The predicted octanol–water partition coefficient (Wildman–Crippen LogP) is 2.27. The maximum Gasteiger partial charge on any atom is 0.245 e. The van der Waals surface area contributed by atoms with Crippen LogP contribution in [0.25, 0.3) is 0 Å². The van der Waals surface area contributed by atoms with E-state index in [-0.39, 0.29) is 35.4 Å². The van der Waals surface area contributed by atoms with E-state index >= 15 is 0 Å². The second-order valence-corrected chi connectivity index (χ2v) is 9.31. The molecule has 2 rings (SSSR count). The number of hydrogen-bond acceptors (Lipinski definition) is 5. The van der Waals surface area contributed by atoms with E-state index in [0.29, 0.717) is 18.7 Å². The lowest BCUT2D eigenvalue weighted by Crippen LogP contribution is -2.74. The Labute approximate surface area is 167 Å². The topological polar surface area (TPSA) is 111 Å². The molecule has 0 radical (unpaired) electrons. The van der Waals surface area contributed by atoms with Gasteiger partial charge in [-0.2, -0.15) is 0 Å². The van der Waals surface area contributed by atoms with E-state index in [2.05, 4.69) is 10.0 Å². The Bertz CT molecular complexity index is 765. The Hall–Kier alpha value is -1.19. The van der Waals surface area contributed by atoms with Crippen LogP contribution in [0.15, 0.2) is 29.2 Å². The van der Waals surface area contributed by atoms with Crippen molar-refractivity contribution in [2.75, 3.05) is 11.9 Å². The van der Waals surface area contributed by atoms with E-state index in [4.69, 9.17) is 10.5 Å². The van der Waals surface area contributed by atoms with Gasteiger partial charge in [-0.1, -0.05) is 13.8 Å². The first-order chi connectivity index (χ1) is 11.9. The number of hydrogen-bond donors (Lipinski definition) is 3. The van der Waals surface area contributed by atoms with Gasteiger partial charge in [0.1, 0.15) is 5.54 Å². The van der Waals surface area contributed by atoms with Gasteiger partial charge >= 0.3 is 0 Å². The molecule has 1 aromatic carbocycles. The summed E-state index contributed by atoms with van der Waals surface area (Å²) in [6, 6.07) is 5.83. The summed E-state index contributed by atoms with van der Waals surface area (Å²) in [5.41, 5.74) is 5.33. The minimum absolute atomic E-state index is 0. The van der Waals surface area contributed by atoms with Crippen molar-refractivity contribution in [3.8, 4) is 0 Å². The zero-order valence-electron chi connectivity index (χ0n) is 16.4. The molecule has 2 unspecified atom stereocenters. The normalized spacial score (nSPS) is 24.0. The fourth-order valence-corrected chi connectivity index (χ4v) is 4.41. The first-order valence-electron chi connectivity index (χ1n) is 8.78. The van der Waals surface area contributed by atoms with E-state index in [1.165, 1.54) is 12.1 Å². The average molecular weight is 420 g/mol. The van der Waals surface area contributed by atoms with Crippen molar-refractivity contribution in [3.05, 3.63) is 24.3 Å². The molecular formula is C18H30ClN3O4S. The molecule has 1 aromatic rings. The molecule has 0 saturated heterocycles. The van der Waals surface area contributed by atoms with Crippen LogP contribution in [-0.4, -0.2) is 38.6 Å². The predicted molar refractivity (Wildman–Crippen MR) is 109 cm³/mol. The van der Waals surface area contributed by atoms with Crippen molar-refractivity contribution in [2.24, 2.45) is 11.1 Å². The number of carbonyl (C=O) groups excluding carboxylic acids is 1. The molecule has 4 N–H and O–H groups in total. The monoisotopic (exact) mass is 419 g/mol. The zero-order valence-corrected chi connectivity index (χ0v) is 18.0. The van der Waals surface area contributed by atoms with Crippen LogP contribution in [0.2, 0.25) is 0 Å². The molecule has 1 saturated carbocycles. The lowest BCUT2D eigenvalue weighted by molar-refractivity contribution is -0.166. The molecular weight excluding hydrogens is 390 g/mol. The molecule has 1 aliphatic rings. The minimum Gasteiger partial charge on any atom is -0.378 e. The number of anilines is 1. The van der Waals surface area contributed by atoms with Gasteiger partial charge in [0.2, 0.25) is 15.9 Å². The lowest BCUT2D eigenvalue weighted by atomic mass is 9.54. The Kier molecular flexibility index (Phi) is 7.46. The van der Waals surface area contributed by atoms with Crippen molar-refractivity contribution in [3.63, 3.8) is 0 Å². The summed E-state index contributed by atoms with van der Waals surface area (Å²) >= 11 is 0. The highest BCUT2D eigenvalue weighted by Crippen LogP contribution is 2.50. The van der Waals surface area contributed by atoms with Gasteiger partial charge in [0.15, 0.2) is 0 Å². The van der Waals surface area contributed by atoms with Gasteiger partial charge in [-0.25, -0.2) is 13.1 Å². The molecule has 1 amide bonds. The molecule has 1 aliphatic carbocycles. The van der Waals surface area contributed by atoms with E-state index in [1.54, 1.807) is 26.0 Å². The Morgan fingerprint density at radius 2 is 1.85 bits per heavy atom. The second-order valence-electron chi connectivity index (χ2n) is 7.60. The molecule has 9 heteroatoms. The maximum absolute atomic E-state index is 12.7. The number of rotatable bonds is 7. The summed E-state index contributed by atoms with van der Waals surface area (Å²) in [4.78, 5) is 12.8. The van der Waals surface area contributed by atoms with Crippen LogP contribution in [0.5, 0.6) is 0 Å². The number of ether oxygens (including phenoxy) is 1. The number of amides is 1. The molecule has 7 nitrogen and oxygen atoms in total. The first-order valence-corrected chi connectivity index (χ1v) is 10.3. The fourth-order valence-electron chi connectivity index (χ4n) is 3.16. The third-order valence-corrected chi connectivity index (χ3v) is 6.72. The molecule has 0 bridgehead atoms. The highest BCUT2D eigenvalue weighted by atomic mass is 35.5. The van der Waals surface area contributed by atoms with Crippen molar-refractivity contribution >= 4 is 34.0 Å². The van der Waals surface area contributed by atoms with Gasteiger partial charge in [-0.05, 0) is 45.0 Å². The van der Waals surface area contributed by atoms with Crippen molar-refractivity contribution < 1.29 is 17.9 Å². The summed E-state index contributed by atoms with van der Waals surface area (Å²) in [5, 5.41) is 2.79. The van der Waals surface area contributed by atoms with Crippen LogP contribution in [0.3, 0.4) is 0 Å². The van der Waals surface area contributed by atoms with Crippen molar-refractivity contribution in [1.29, 1.82) is 0 Å². The first kappa shape index (κ1) is 23.8. The third kappa shape index (κ3) is 4.63. The summed E-state index contributed by atoms with van der Waals surface area (Å²) in [5.74, 6) is -0.297. The van der Waals surface area contributed by atoms with Crippen LogP contribution in [-0.2, 0) is 19.6 Å². The van der Waals surface area contributed by atoms with Gasteiger partial charge < -0.3 is 15.8 Å². The molecule has 0 aromatic heterocycles. The highest BCUT2D eigenvalue weighted by Gasteiger charge is 2.62. The Morgan fingerprint density at radius 1 is 1.30 bits per heavy atom. The molecule has 154 valence electrons. The zero-order chi connectivity index (χ0) is 19.8. The quantitative estimate of drug-likeness (QED) is 0.627. The molecule has 1 fully saturated rings. The Morgan fingerprint density at radius 3 is 2.30 bits per heavy atom. The summed E-state index contributed by atoms with van der Waals surface area (Å²) in [6.45, 7) is 9.83. The molecule has 0 aliphatic heterocycles. The van der Waals surface area contributed by atoms with Gasteiger partial charge in [-0.3, -0.25) is 4.79 Å². The van der Waals surface area contributed by atoms with Crippen molar-refractivity contribution in [1.82, 2.24) is 4.72 Å². The summed E-state index contributed by atoms with van der Waals surface area (Å²) in [7, 11) is -3.56. The average Bonchev–Trinajstić information content (AvgIpc) is 2.53. The number of halogens is 1. The van der Waals surface area contributed by atoms with Crippen LogP contribution in [0.4, 0.5) is 5.69 Å². The second kappa shape index (κ2) is 8.45. The number of sulfonamides is 1. The van der Waals surface area contributed by atoms with E-state index in [0.717, 1.165) is 0 Å².